The summed E-state index contributed by atoms with van der Waals surface area (Å²) in [5.41, 5.74) is 3.01. The Hall–Kier alpha value is -2.57. The van der Waals surface area contributed by atoms with Crippen LogP contribution in [0.15, 0.2) is 48.5 Å². The van der Waals surface area contributed by atoms with E-state index in [1.54, 1.807) is 6.07 Å². The summed E-state index contributed by atoms with van der Waals surface area (Å²) in [5, 5.41) is 11.7. The Morgan fingerprint density at radius 2 is 1.73 bits per heavy atom. The summed E-state index contributed by atoms with van der Waals surface area (Å²) < 4.78 is 0. The molecule has 1 atom stereocenters. The minimum Gasteiger partial charge on any atom is -0.325 e. The summed E-state index contributed by atoms with van der Waals surface area (Å²) in [6, 6.07) is 14.4. The zero-order valence-electron chi connectivity index (χ0n) is 14.5. The number of rotatable bonds is 4. The van der Waals surface area contributed by atoms with E-state index in [0.29, 0.717) is 12.2 Å². The van der Waals surface area contributed by atoms with Gasteiger partial charge in [-0.25, -0.2) is 4.79 Å². The highest BCUT2D eigenvalue weighted by molar-refractivity contribution is 6.00. The smallest absolute Gasteiger partial charge is 0.323 e. The van der Waals surface area contributed by atoms with Crippen LogP contribution in [-0.2, 0) is 4.79 Å². The molecule has 4 N–H and O–H groups in total. The molecule has 0 aliphatic carbocycles. The summed E-state index contributed by atoms with van der Waals surface area (Å²) in [5.74, 6) is 0.0105. The number of amides is 3. The predicted octanol–water partition coefficient (Wildman–Crippen LogP) is 3.61. The van der Waals surface area contributed by atoms with Crippen molar-refractivity contribution in [1.29, 1.82) is 0 Å². The maximum absolute atomic E-state index is 12.3. The monoisotopic (exact) mass is 374 g/mol. The van der Waals surface area contributed by atoms with Gasteiger partial charge in [-0.05, 0) is 49.7 Å². The molecule has 2 aromatic carbocycles. The van der Waals surface area contributed by atoms with Gasteiger partial charge >= 0.3 is 6.03 Å². The van der Waals surface area contributed by atoms with Crippen LogP contribution >= 0.6 is 12.4 Å². The molecule has 7 heteroatoms. The Kier molecular flexibility index (Phi) is 7.00. The first-order valence-corrected chi connectivity index (χ1v) is 8.37. The van der Waals surface area contributed by atoms with Gasteiger partial charge in [0.1, 0.15) is 0 Å². The maximum Gasteiger partial charge on any atom is 0.323 e. The highest BCUT2D eigenvalue weighted by Crippen LogP contribution is 2.22. The molecule has 2 aromatic rings. The molecule has 26 heavy (non-hydrogen) atoms. The van der Waals surface area contributed by atoms with Crippen molar-refractivity contribution in [3.63, 3.8) is 0 Å². The molecule has 0 saturated carbocycles. The van der Waals surface area contributed by atoms with Crippen molar-refractivity contribution in [1.82, 2.24) is 5.32 Å². The Labute approximate surface area is 159 Å². The van der Waals surface area contributed by atoms with Crippen LogP contribution in [0.25, 0.3) is 0 Å². The van der Waals surface area contributed by atoms with Crippen molar-refractivity contribution < 1.29 is 9.59 Å². The quantitative estimate of drug-likeness (QED) is 0.659. The molecule has 6 nitrogen and oxygen atoms in total. The first kappa shape index (κ1) is 19.8. The number of urea groups is 1. The topological polar surface area (TPSA) is 82.3 Å². The van der Waals surface area contributed by atoms with Crippen LogP contribution in [0.4, 0.5) is 21.9 Å². The fourth-order valence-electron chi connectivity index (χ4n) is 2.76. The number of carbonyl (C=O) groups excluding carboxylic acids is 2. The Bertz CT molecular complexity index is 761. The maximum atomic E-state index is 12.3. The third-order valence-corrected chi connectivity index (χ3v) is 4.22. The van der Waals surface area contributed by atoms with Crippen molar-refractivity contribution >= 4 is 41.4 Å². The number of hydrogen-bond acceptors (Lipinski definition) is 3. The van der Waals surface area contributed by atoms with Gasteiger partial charge in [-0.2, -0.15) is 0 Å². The molecule has 1 fully saturated rings. The average Bonchev–Trinajstić information content (AvgIpc) is 3.13. The lowest BCUT2D eigenvalue weighted by Gasteiger charge is -2.14. The molecule has 3 rings (SSSR count). The second kappa shape index (κ2) is 9.22. The zero-order chi connectivity index (χ0) is 17.6. The molecule has 3 amide bonds. The third-order valence-electron chi connectivity index (χ3n) is 4.22. The third kappa shape index (κ3) is 5.21. The van der Waals surface area contributed by atoms with Gasteiger partial charge in [0.2, 0.25) is 5.91 Å². The number of halogens is 1. The summed E-state index contributed by atoms with van der Waals surface area (Å²) >= 11 is 0. The van der Waals surface area contributed by atoms with Crippen molar-refractivity contribution in [2.24, 2.45) is 5.92 Å². The molecule has 0 aromatic heterocycles. The van der Waals surface area contributed by atoms with Gasteiger partial charge in [-0.3, -0.25) is 4.79 Å². The van der Waals surface area contributed by atoms with Gasteiger partial charge in [0.15, 0.2) is 0 Å². The van der Waals surface area contributed by atoms with E-state index < -0.39 is 0 Å². The summed E-state index contributed by atoms with van der Waals surface area (Å²) in [7, 11) is 0. The fraction of sp³-hybridized carbons (Fsp3) is 0.263. The minimum absolute atomic E-state index is 0. The lowest BCUT2D eigenvalue weighted by molar-refractivity contribution is -0.119. The van der Waals surface area contributed by atoms with Gasteiger partial charge in [0.05, 0.1) is 5.92 Å². The molecule has 1 aliphatic heterocycles. The van der Waals surface area contributed by atoms with Gasteiger partial charge in [0, 0.05) is 23.6 Å². The predicted molar refractivity (Wildman–Crippen MR) is 107 cm³/mol. The van der Waals surface area contributed by atoms with E-state index >= 15 is 0 Å². The number of aryl methyl sites for hydroxylation is 1. The molecule has 1 heterocycles. The van der Waals surface area contributed by atoms with Crippen molar-refractivity contribution in [2.75, 3.05) is 29.0 Å². The highest BCUT2D eigenvalue weighted by Gasteiger charge is 2.22. The van der Waals surface area contributed by atoms with Crippen LogP contribution in [0.5, 0.6) is 0 Å². The molecule has 1 aliphatic rings. The van der Waals surface area contributed by atoms with E-state index in [1.165, 1.54) is 0 Å². The molecule has 0 bridgehead atoms. The molecular weight excluding hydrogens is 352 g/mol. The van der Waals surface area contributed by atoms with E-state index in [9.17, 15) is 9.59 Å². The van der Waals surface area contributed by atoms with Crippen LogP contribution in [-0.4, -0.2) is 25.0 Å². The van der Waals surface area contributed by atoms with Crippen molar-refractivity contribution in [3.05, 3.63) is 54.1 Å². The molecule has 0 radical (unpaired) electrons. The van der Waals surface area contributed by atoms with E-state index in [1.807, 2.05) is 49.4 Å². The highest BCUT2D eigenvalue weighted by atomic mass is 35.5. The van der Waals surface area contributed by atoms with Gasteiger partial charge < -0.3 is 21.3 Å². The van der Waals surface area contributed by atoms with E-state index in [2.05, 4.69) is 21.3 Å². The van der Waals surface area contributed by atoms with Crippen LogP contribution < -0.4 is 21.3 Å². The average molecular weight is 375 g/mol. The molecule has 0 spiro atoms. The number of anilines is 3. The number of carbonyl (C=O) groups is 2. The second-order valence-corrected chi connectivity index (χ2v) is 6.15. The number of para-hydroxylation sites is 1. The van der Waals surface area contributed by atoms with Crippen LogP contribution in [0.2, 0.25) is 0 Å². The number of benzene rings is 2. The normalized spacial score (nSPS) is 15.7. The SMILES string of the molecule is Cc1ccc(NC(=O)Nc2ccccc2)cc1NC(=O)C1CCNC1.Cl. The van der Waals surface area contributed by atoms with E-state index in [4.69, 9.17) is 0 Å². The molecular formula is C19H23ClN4O2. The summed E-state index contributed by atoms with van der Waals surface area (Å²) in [6.07, 6.45) is 0.850. The Balaban J connectivity index is 0.00000243. The molecule has 138 valence electrons. The van der Waals surface area contributed by atoms with Crippen LogP contribution in [0.3, 0.4) is 0 Å². The summed E-state index contributed by atoms with van der Waals surface area (Å²) in [4.78, 5) is 24.4. The second-order valence-electron chi connectivity index (χ2n) is 6.15. The Morgan fingerprint density at radius 1 is 1.00 bits per heavy atom. The lowest BCUT2D eigenvalue weighted by Crippen LogP contribution is -2.25. The first-order valence-electron chi connectivity index (χ1n) is 8.37. The number of nitrogens with one attached hydrogen (secondary N) is 4. The zero-order valence-corrected chi connectivity index (χ0v) is 15.4. The fourth-order valence-corrected chi connectivity index (χ4v) is 2.76. The molecule has 1 unspecified atom stereocenters. The van der Waals surface area contributed by atoms with Crippen LogP contribution in [0, 0.1) is 12.8 Å². The van der Waals surface area contributed by atoms with Gasteiger partial charge in [-0.1, -0.05) is 24.3 Å². The first-order chi connectivity index (χ1) is 12.1. The molecule has 1 saturated heterocycles. The largest absolute Gasteiger partial charge is 0.325 e. The summed E-state index contributed by atoms with van der Waals surface area (Å²) in [6.45, 7) is 3.51. The van der Waals surface area contributed by atoms with Gasteiger partial charge in [0.25, 0.3) is 0 Å². The van der Waals surface area contributed by atoms with Crippen molar-refractivity contribution in [2.45, 2.75) is 13.3 Å². The van der Waals surface area contributed by atoms with E-state index in [0.717, 1.165) is 29.9 Å². The standard InChI is InChI=1S/C19H22N4O2.ClH/c1-13-7-8-16(22-19(25)21-15-5-3-2-4-6-15)11-17(13)23-18(24)14-9-10-20-12-14;/h2-8,11,14,20H,9-10,12H2,1H3,(H,23,24)(H2,21,22,25);1H. The Morgan fingerprint density at radius 3 is 2.42 bits per heavy atom. The van der Waals surface area contributed by atoms with Gasteiger partial charge in [-0.15, -0.1) is 12.4 Å². The minimum atomic E-state index is -0.327. The van der Waals surface area contributed by atoms with E-state index in [-0.39, 0.29) is 30.3 Å². The number of hydrogen-bond donors (Lipinski definition) is 4. The van der Waals surface area contributed by atoms with Crippen molar-refractivity contribution in [3.8, 4) is 0 Å². The lowest BCUT2D eigenvalue weighted by atomic mass is 10.1. The van der Waals surface area contributed by atoms with Crippen LogP contribution in [0.1, 0.15) is 12.0 Å².